The smallest absolute Gasteiger partial charge is 0.156 e. The molecule has 5 heteroatoms. The number of rotatable bonds is 4. The van der Waals surface area contributed by atoms with Gasteiger partial charge in [-0.3, -0.25) is 4.99 Å². The highest BCUT2D eigenvalue weighted by atomic mass is 32.2. The first-order valence-corrected chi connectivity index (χ1v) is 7.85. The van der Waals surface area contributed by atoms with Gasteiger partial charge < -0.3 is 5.32 Å². The SMILES string of the molecule is CCC1(CC)CN=C(NCc2ccnc(C)n2)SC1. The number of aryl methyl sites for hydroxylation is 1. The Morgan fingerprint density at radius 2 is 2.16 bits per heavy atom. The van der Waals surface area contributed by atoms with Crippen molar-refractivity contribution >= 4 is 16.9 Å². The molecule has 0 atom stereocenters. The predicted molar refractivity (Wildman–Crippen MR) is 81.4 cm³/mol. The molecule has 104 valence electrons. The van der Waals surface area contributed by atoms with E-state index in [0.717, 1.165) is 35.5 Å². The molecule has 0 saturated heterocycles. The highest BCUT2D eigenvalue weighted by Gasteiger charge is 2.29. The maximum atomic E-state index is 4.69. The zero-order valence-corrected chi connectivity index (χ0v) is 12.8. The van der Waals surface area contributed by atoms with Crippen molar-refractivity contribution < 1.29 is 0 Å². The number of nitrogens with zero attached hydrogens (tertiary/aromatic N) is 3. The Morgan fingerprint density at radius 3 is 2.74 bits per heavy atom. The summed E-state index contributed by atoms with van der Waals surface area (Å²) in [4.78, 5) is 13.2. The van der Waals surface area contributed by atoms with Gasteiger partial charge in [0.2, 0.25) is 0 Å². The Morgan fingerprint density at radius 1 is 1.37 bits per heavy atom. The molecule has 1 N–H and O–H groups in total. The van der Waals surface area contributed by atoms with Crippen molar-refractivity contribution in [3.8, 4) is 0 Å². The van der Waals surface area contributed by atoms with E-state index in [1.165, 1.54) is 12.8 Å². The molecule has 19 heavy (non-hydrogen) atoms. The Kier molecular flexibility index (Phi) is 4.80. The molecule has 1 aromatic heterocycles. The molecular weight excluding hydrogens is 256 g/mol. The van der Waals surface area contributed by atoms with Gasteiger partial charge in [-0.05, 0) is 31.2 Å². The minimum absolute atomic E-state index is 0.404. The van der Waals surface area contributed by atoms with E-state index < -0.39 is 0 Å². The zero-order valence-electron chi connectivity index (χ0n) is 11.9. The average molecular weight is 278 g/mol. The summed E-state index contributed by atoms with van der Waals surface area (Å²) >= 11 is 1.84. The molecule has 0 saturated carbocycles. The molecule has 2 heterocycles. The van der Waals surface area contributed by atoms with Gasteiger partial charge in [-0.15, -0.1) is 0 Å². The van der Waals surface area contributed by atoms with Crippen LogP contribution in [0.2, 0.25) is 0 Å². The summed E-state index contributed by atoms with van der Waals surface area (Å²) < 4.78 is 0. The number of hydrogen-bond acceptors (Lipinski definition) is 5. The van der Waals surface area contributed by atoms with Crippen molar-refractivity contribution in [3.63, 3.8) is 0 Å². The zero-order chi connectivity index (χ0) is 13.7. The van der Waals surface area contributed by atoms with E-state index in [2.05, 4.69) is 34.1 Å². The van der Waals surface area contributed by atoms with Crippen LogP contribution in [0.15, 0.2) is 17.3 Å². The van der Waals surface area contributed by atoms with Gasteiger partial charge in [-0.1, -0.05) is 25.6 Å². The Labute approximate surface area is 119 Å². The normalized spacial score (nSPS) is 17.9. The van der Waals surface area contributed by atoms with Crippen LogP contribution in [0.4, 0.5) is 0 Å². The van der Waals surface area contributed by atoms with Crippen LogP contribution in [-0.2, 0) is 6.54 Å². The molecule has 2 rings (SSSR count). The maximum Gasteiger partial charge on any atom is 0.156 e. The van der Waals surface area contributed by atoms with Crippen LogP contribution in [0.1, 0.15) is 38.2 Å². The summed E-state index contributed by atoms with van der Waals surface area (Å²) in [5.41, 5.74) is 1.42. The first-order valence-electron chi connectivity index (χ1n) is 6.87. The fraction of sp³-hybridized carbons (Fsp3) is 0.643. The van der Waals surface area contributed by atoms with Crippen molar-refractivity contribution in [2.75, 3.05) is 12.3 Å². The van der Waals surface area contributed by atoms with Crippen LogP contribution in [0, 0.1) is 12.3 Å². The van der Waals surface area contributed by atoms with Gasteiger partial charge in [0.25, 0.3) is 0 Å². The molecule has 0 spiro atoms. The molecule has 4 nitrogen and oxygen atoms in total. The molecule has 0 radical (unpaired) electrons. The van der Waals surface area contributed by atoms with Crippen molar-refractivity contribution in [1.29, 1.82) is 0 Å². The van der Waals surface area contributed by atoms with E-state index in [-0.39, 0.29) is 0 Å². The van der Waals surface area contributed by atoms with E-state index in [9.17, 15) is 0 Å². The number of amidine groups is 1. The summed E-state index contributed by atoms with van der Waals surface area (Å²) in [5.74, 6) is 1.97. The summed E-state index contributed by atoms with van der Waals surface area (Å²) in [7, 11) is 0. The standard InChI is InChI=1S/C14H22N4S/c1-4-14(5-2)9-17-13(19-10-14)16-8-12-6-7-15-11(3)18-12/h6-7H,4-5,8-10H2,1-3H3,(H,16,17). The summed E-state index contributed by atoms with van der Waals surface area (Å²) in [6, 6.07) is 1.94. The molecule has 0 fully saturated rings. The number of thioether (sulfide) groups is 1. The molecule has 0 unspecified atom stereocenters. The Balaban J connectivity index is 1.90. The molecule has 1 aromatic rings. The first-order chi connectivity index (χ1) is 9.17. The lowest BCUT2D eigenvalue weighted by Gasteiger charge is -2.33. The van der Waals surface area contributed by atoms with Gasteiger partial charge in [0, 0.05) is 18.5 Å². The van der Waals surface area contributed by atoms with Crippen molar-refractivity contribution in [1.82, 2.24) is 15.3 Å². The average Bonchev–Trinajstić information content (AvgIpc) is 2.46. The van der Waals surface area contributed by atoms with Crippen LogP contribution in [-0.4, -0.2) is 27.4 Å². The van der Waals surface area contributed by atoms with Gasteiger partial charge in [-0.25, -0.2) is 9.97 Å². The second-order valence-corrected chi connectivity index (χ2v) is 6.03. The third kappa shape index (κ3) is 3.69. The van der Waals surface area contributed by atoms with E-state index in [0.29, 0.717) is 5.41 Å². The van der Waals surface area contributed by atoms with Crippen molar-refractivity contribution in [2.24, 2.45) is 10.4 Å². The minimum atomic E-state index is 0.404. The quantitative estimate of drug-likeness (QED) is 0.920. The molecule has 1 aliphatic rings. The van der Waals surface area contributed by atoms with Gasteiger partial charge >= 0.3 is 0 Å². The van der Waals surface area contributed by atoms with Crippen LogP contribution < -0.4 is 5.32 Å². The van der Waals surface area contributed by atoms with Crippen LogP contribution in [0.3, 0.4) is 0 Å². The van der Waals surface area contributed by atoms with E-state index in [1.54, 1.807) is 6.20 Å². The molecular formula is C14H22N4S. The number of hydrogen-bond donors (Lipinski definition) is 1. The first kappa shape index (κ1) is 14.3. The van der Waals surface area contributed by atoms with Crippen LogP contribution in [0.25, 0.3) is 0 Å². The molecule has 1 aliphatic heterocycles. The predicted octanol–water partition coefficient (Wildman–Crippen LogP) is 2.78. The summed E-state index contributed by atoms with van der Waals surface area (Å²) in [6.07, 6.45) is 4.21. The number of aromatic nitrogens is 2. The van der Waals surface area contributed by atoms with Gasteiger partial charge in [-0.2, -0.15) is 0 Å². The fourth-order valence-electron chi connectivity index (χ4n) is 2.11. The lowest BCUT2D eigenvalue weighted by molar-refractivity contribution is 0.318. The van der Waals surface area contributed by atoms with Gasteiger partial charge in [0.15, 0.2) is 5.17 Å². The Bertz CT molecular complexity index is 455. The third-order valence-electron chi connectivity index (χ3n) is 3.83. The second-order valence-electron chi connectivity index (χ2n) is 5.07. The van der Waals surface area contributed by atoms with Gasteiger partial charge in [0.1, 0.15) is 5.82 Å². The van der Waals surface area contributed by atoms with Crippen molar-refractivity contribution in [2.45, 2.75) is 40.2 Å². The minimum Gasteiger partial charge on any atom is -0.359 e. The van der Waals surface area contributed by atoms with Gasteiger partial charge in [0.05, 0.1) is 12.2 Å². The van der Waals surface area contributed by atoms with Crippen LogP contribution >= 0.6 is 11.8 Å². The molecule has 0 aliphatic carbocycles. The second kappa shape index (κ2) is 6.37. The van der Waals surface area contributed by atoms with E-state index >= 15 is 0 Å². The van der Waals surface area contributed by atoms with E-state index in [1.807, 2.05) is 24.8 Å². The Hall–Kier alpha value is -1.10. The molecule has 0 amide bonds. The maximum absolute atomic E-state index is 4.69. The highest BCUT2D eigenvalue weighted by molar-refractivity contribution is 8.13. The molecule has 0 bridgehead atoms. The number of aliphatic imine (C=N–C) groups is 1. The summed E-state index contributed by atoms with van der Waals surface area (Å²) in [5, 5.41) is 4.42. The lowest BCUT2D eigenvalue weighted by Crippen LogP contribution is -2.34. The monoisotopic (exact) mass is 278 g/mol. The van der Waals surface area contributed by atoms with E-state index in [4.69, 9.17) is 0 Å². The largest absolute Gasteiger partial charge is 0.359 e. The highest BCUT2D eigenvalue weighted by Crippen LogP contribution is 2.34. The topological polar surface area (TPSA) is 50.2 Å². The summed E-state index contributed by atoms with van der Waals surface area (Å²) in [6.45, 7) is 8.11. The lowest BCUT2D eigenvalue weighted by atomic mass is 9.84. The number of nitrogens with one attached hydrogen (secondary N) is 1. The van der Waals surface area contributed by atoms with Crippen LogP contribution in [0.5, 0.6) is 0 Å². The molecule has 0 aromatic carbocycles. The van der Waals surface area contributed by atoms with Crippen molar-refractivity contribution in [3.05, 3.63) is 23.8 Å². The third-order valence-corrected chi connectivity index (χ3v) is 5.13. The fourth-order valence-corrected chi connectivity index (χ4v) is 3.38.